The van der Waals surface area contributed by atoms with Crippen LogP contribution in [0, 0.1) is 12.8 Å². The number of carbonyl (C=O) groups excluding carboxylic acids is 2. The van der Waals surface area contributed by atoms with Crippen molar-refractivity contribution in [2.24, 2.45) is 5.92 Å². The molecular formula is C19H24N4O2S. The number of aryl methyl sites for hydroxylation is 1. The summed E-state index contributed by atoms with van der Waals surface area (Å²) in [4.78, 5) is 31.9. The highest BCUT2D eigenvalue weighted by Crippen LogP contribution is 2.19. The van der Waals surface area contributed by atoms with Crippen LogP contribution in [0.3, 0.4) is 0 Å². The van der Waals surface area contributed by atoms with Crippen LogP contribution in [0.15, 0.2) is 35.8 Å². The SMILES string of the molecule is Cc1ccc(NC(=O)C2CCN(CC(=O)NCc3cccs3)CC2)nc1. The maximum Gasteiger partial charge on any atom is 0.234 e. The van der Waals surface area contributed by atoms with Crippen molar-refractivity contribution in [3.8, 4) is 0 Å². The molecule has 0 unspecified atom stereocenters. The average molecular weight is 372 g/mol. The first-order valence-electron chi connectivity index (χ1n) is 8.85. The minimum Gasteiger partial charge on any atom is -0.350 e. The van der Waals surface area contributed by atoms with E-state index in [1.165, 1.54) is 0 Å². The first-order chi connectivity index (χ1) is 12.6. The van der Waals surface area contributed by atoms with Crippen LogP contribution in [-0.4, -0.2) is 41.3 Å². The first kappa shape index (κ1) is 18.5. The molecule has 0 aliphatic carbocycles. The Kier molecular flexibility index (Phi) is 6.35. The van der Waals surface area contributed by atoms with Gasteiger partial charge in [0.1, 0.15) is 5.82 Å². The number of thiophene rings is 1. The summed E-state index contributed by atoms with van der Waals surface area (Å²) in [5.41, 5.74) is 1.06. The second-order valence-corrected chi connectivity index (χ2v) is 7.65. The van der Waals surface area contributed by atoms with Crippen LogP contribution < -0.4 is 10.6 Å². The van der Waals surface area contributed by atoms with Crippen molar-refractivity contribution in [3.63, 3.8) is 0 Å². The number of hydrogen-bond acceptors (Lipinski definition) is 5. The zero-order valence-corrected chi connectivity index (χ0v) is 15.7. The molecule has 7 heteroatoms. The summed E-state index contributed by atoms with van der Waals surface area (Å²) in [6, 6.07) is 7.74. The van der Waals surface area contributed by atoms with Crippen molar-refractivity contribution in [1.82, 2.24) is 15.2 Å². The van der Waals surface area contributed by atoms with E-state index in [1.54, 1.807) is 17.5 Å². The van der Waals surface area contributed by atoms with Gasteiger partial charge in [-0.2, -0.15) is 0 Å². The van der Waals surface area contributed by atoms with Crippen LogP contribution in [0.5, 0.6) is 0 Å². The normalized spacial score (nSPS) is 15.6. The van der Waals surface area contributed by atoms with Gasteiger partial charge >= 0.3 is 0 Å². The van der Waals surface area contributed by atoms with E-state index in [2.05, 4.69) is 20.5 Å². The van der Waals surface area contributed by atoms with Crippen LogP contribution in [0.4, 0.5) is 5.82 Å². The summed E-state index contributed by atoms with van der Waals surface area (Å²) < 4.78 is 0. The molecule has 0 aromatic carbocycles. The van der Waals surface area contributed by atoms with E-state index >= 15 is 0 Å². The molecule has 1 aliphatic heterocycles. The third-order valence-corrected chi connectivity index (χ3v) is 5.40. The van der Waals surface area contributed by atoms with Crippen molar-refractivity contribution in [3.05, 3.63) is 46.3 Å². The molecule has 2 aromatic rings. The molecule has 1 aliphatic rings. The maximum absolute atomic E-state index is 12.4. The fraction of sp³-hybridized carbons (Fsp3) is 0.421. The summed E-state index contributed by atoms with van der Waals surface area (Å²) in [6.45, 7) is 4.45. The molecule has 2 N–H and O–H groups in total. The lowest BCUT2D eigenvalue weighted by Crippen LogP contribution is -2.43. The molecule has 26 heavy (non-hydrogen) atoms. The first-order valence-corrected chi connectivity index (χ1v) is 9.73. The Hall–Kier alpha value is -2.25. The van der Waals surface area contributed by atoms with Gasteiger partial charge in [0.2, 0.25) is 11.8 Å². The highest BCUT2D eigenvalue weighted by atomic mass is 32.1. The highest BCUT2D eigenvalue weighted by molar-refractivity contribution is 7.09. The van der Waals surface area contributed by atoms with Gasteiger partial charge in [0, 0.05) is 17.0 Å². The number of likely N-dealkylation sites (tertiary alicyclic amines) is 1. The predicted octanol–water partition coefficient (Wildman–Crippen LogP) is 2.42. The van der Waals surface area contributed by atoms with E-state index in [9.17, 15) is 9.59 Å². The number of hydrogen-bond donors (Lipinski definition) is 2. The zero-order chi connectivity index (χ0) is 18.4. The van der Waals surface area contributed by atoms with Crippen LogP contribution in [0.2, 0.25) is 0 Å². The molecule has 1 saturated heterocycles. The number of anilines is 1. The largest absolute Gasteiger partial charge is 0.350 e. The number of nitrogens with one attached hydrogen (secondary N) is 2. The van der Waals surface area contributed by atoms with Crippen molar-refractivity contribution >= 4 is 29.0 Å². The Labute approximate surface area is 157 Å². The van der Waals surface area contributed by atoms with E-state index in [-0.39, 0.29) is 17.7 Å². The molecule has 0 saturated carbocycles. The van der Waals surface area contributed by atoms with Crippen LogP contribution in [-0.2, 0) is 16.1 Å². The molecule has 3 rings (SSSR count). The smallest absolute Gasteiger partial charge is 0.234 e. The van der Waals surface area contributed by atoms with E-state index in [4.69, 9.17) is 0 Å². The molecule has 1 fully saturated rings. The van der Waals surface area contributed by atoms with E-state index in [1.807, 2.05) is 36.6 Å². The lowest BCUT2D eigenvalue weighted by Gasteiger charge is -2.30. The third kappa shape index (κ3) is 5.37. The lowest BCUT2D eigenvalue weighted by atomic mass is 9.96. The summed E-state index contributed by atoms with van der Waals surface area (Å²) in [5.74, 6) is 0.618. The van der Waals surface area contributed by atoms with Gasteiger partial charge in [-0.3, -0.25) is 14.5 Å². The lowest BCUT2D eigenvalue weighted by molar-refractivity contribution is -0.123. The summed E-state index contributed by atoms with van der Waals surface area (Å²) in [6.07, 6.45) is 3.26. The van der Waals surface area contributed by atoms with Gasteiger partial charge in [-0.25, -0.2) is 4.98 Å². The maximum atomic E-state index is 12.4. The van der Waals surface area contributed by atoms with E-state index in [0.29, 0.717) is 18.9 Å². The molecule has 6 nitrogen and oxygen atoms in total. The Balaban J connectivity index is 1.38. The molecular weight excluding hydrogens is 348 g/mol. The highest BCUT2D eigenvalue weighted by Gasteiger charge is 2.26. The van der Waals surface area contributed by atoms with Gasteiger partial charge in [-0.15, -0.1) is 11.3 Å². The monoisotopic (exact) mass is 372 g/mol. The van der Waals surface area contributed by atoms with Gasteiger partial charge in [-0.05, 0) is 55.9 Å². The molecule has 2 aromatic heterocycles. The van der Waals surface area contributed by atoms with Gasteiger partial charge in [0.15, 0.2) is 0 Å². The van der Waals surface area contributed by atoms with Crippen molar-refractivity contribution in [1.29, 1.82) is 0 Å². The fourth-order valence-corrected chi connectivity index (χ4v) is 3.63. The van der Waals surface area contributed by atoms with E-state index < -0.39 is 0 Å². The Morgan fingerprint density at radius 2 is 2.08 bits per heavy atom. The third-order valence-electron chi connectivity index (χ3n) is 4.53. The number of aromatic nitrogens is 1. The quantitative estimate of drug-likeness (QED) is 0.817. The van der Waals surface area contributed by atoms with Gasteiger partial charge in [0.25, 0.3) is 0 Å². The standard InChI is InChI=1S/C19H24N4O2S/c1-14-4-5-17(20-11-14)22-19(25)15-6-8-23(9-7-15)13-18(24)21-12-16-3-2-10-26-16/h2-5,10-11,15H,6-9,12-13H2,1H3,(H,21,24)(H,20,22,25). The predicted molar refractivity (Wildman–Crippen MR) is 103 cm³/mol. The van der Waals surface area contributed by atoms with Crippen molar-refractivity contribution in [2.75, 3.05) is 25.0 Å². The molecule has 0 spiro atoms. The summed E-state index contributed by atoms with van der Waals surface area (Å²) >= 11 is 1.64. The van der Waals surface area contributed by atoms with Crippen LogP contribution >= 0.6 is 11.3 Å². The second-order valence-electron chi connectivity index (χ2n) is 6.62. The number of amides is 2. The molecule has 0 bridgehead atoms. The fourth-order valence-electron chi connectivity index (χ4n) is 2.98. The number of nitrogens with zero attached hydrogens (tertiary/aromatic N) is 2. The number of pyridine rings is 1. The number of rotatable bonds is 6. The summed E-state index contributed by atoms with van der Waals surface area (Å²) in [7, 11) is 0. The van der Waals surface area contributed by atoms with Crippen molar-refractivity contribution in [2.45, 2.75) is 26.3 Å². The van der Waals surface area contributed by atoms with Gasteiger partial charge in [0.05, 0.1) is 13.1 Å². The molecule has 138 valence electrons. The van der Waals surface area contributed by atoms with Gasteiger partial charge in [-0.1, -0.05) is 12.1 Å². The zero-order valence-electron chi connectivity index (χ0n) is 14.9. The molecule has 0 radical (unpaired) electrons. The van der Waals surface area contributed by atoms with Gasteiger partial charge < -0.3 is 10.6 Å². The van der Waals surface area contributed by atoms with Crippen LogP contribution in [0.1, 0.15) is 23.3 Å². The average Bonchev–Trinajstić information content (AvgIpc) is 3.16. The molecule has 3 heterocycles. The summed E-state index contributed by atoms with van der Waals surface area (Å²) in [5, 5.41) is 7.83. The Morgan fingerprint density at radius 1 is 1.27 bits per heavy atom. The Morgan fingerprint density at radius 3 is 2.73 bits per heavy atom. The Bertz CT molecular complexity index is 723. The topological polar surface area (TPSA) is 74.3 Å². The number of piperidine rings is 1. The van der Waals surface area contributed by atoms with Crippen LogP contribution in [0.25, 0.3) is 0 Å². The minimum absolute atomic E-state index is 0.0168. The van der Waals surface area contributed by atoms with E-state index in [0.717, 1.165) is 36.4 Å². The minimum atomic E-state index is -0.0245. The molecule has 2 amide bonds. The second kappa shape index (κ2) is 8.91. The number of carbonyl (C=O) groups is 2. The molecule has 0 atom stereocenters. The van der Waals surface area contributed by atoms with Crippen molar-refractivity contribution < 1.29 is 9.59 Å².